The van der Waals surface area contributed by atoms with Crippen LogP contribution >= 0.6 is 34.4 Å². The fourth-order valence-electron chi connectivity index (χ4n) is 2.06. The lowest BCUT2D eigenvalue weighted by Crippen LogP contribution is -1.95. The predicted molar refractivity (Wildman–Crippen MR) is 80.5 cm³/mol. The van der Waals surface area contributed by atoms with Crippen molar-refractivity contribution in [2.24, 2.45) is 0 Å². The van der Waals surface area contributed by atoms with Crippen LogP contribution in [0.1, 0.15) is 22.6 Å². The molecule has 0 aliphatic heterocycles. The van der Waals surface area contributed by atoms with Gasteiger partial charge in [-0.15, -0.1) is 0 Å². The molecule has 3 rings (SSSR count). The third-order valence-electron chi connectivity index (χ3n) is 3.03. The quantitative estimate of drug-likeness (QED) is 0.454. The van der Waals surface area contributed by atoms with Gasteiger partial charge >= 0.3 is 3.52 Å². The molecular weight excluding hydrogens is 298 g/mol. The van der Waals surface area contributed by atoms with Crippen molar-refractivity contribution in [1.82, 2.24) is 0 Å². The molecule has 0 saturated heterocycles. The van der Waals surface area contributed by atoms with E-state index in [0.29, 0.717) is 0 Å². The summed E-state index contributed by atoms with van der Waals surface area (Å²) < 4.78 is 1.33. The number of fused-ring (bicyclic) bond motifs is 1. The molecule has 1 aromatic heterocycles. The van der Waals surface area contributed by atoms with Gasteiger partial charge in [-0.1, -0.05) is 0 Å². The molecule has 0 bridgehead atoms. The van der Waals surface area contributed by atoms with Gasteiger partial charge in [0.05, 0.1) is 27.6 Å². The molecule has 0 amide bonds. The molecule has 0 radical (unpaired) electrons. The molecule has 1 aliphatic carbocycles. The van der Waals surface area contributed by atoms with E-state index in [9.17, 15) is 10.1 Å². The maximum absolute atomic E-state index is 10.6. The van der Waals surface area contributed by atoms with Crippen LogP contribution in [0, 0.1) is 10.1 Å². The molecule has 98 valence electrons. The lowest BCUT2D eigenvalue weighted by molar-refractivity contribution is -0.384. The van der Waals surface area contributed by atoms with Crippen LogP contribution in [0.15, 0.2) is 32.7 Å². The Kier molecular flexibility index (Phi) is 3.81. The summed E-state index contributed by atoms with van der Waals surface area (Å²) in [6.07, 6.45) is 5.05. The van der Waals surface area contributed by atoms with Gasteiger partial charge in [-0.05, 0) is 36.7 Å². The van der Waals surface area contributed by atoms with Gasteiger partial charge < -0.3 is 0 Å². The zero-order valence-electron chi connectivity index (χ0n) is 10.1. The van der Waals surface area contributed by atoms with E-state index >= 15 is 0 Å². The van der Waals surface area contributed by atoms with E-state index in [2.05, 4.69) is 0 Å². The molecule has 1 aliphatic rings. The van der Waals surface area contributed by atoms with Crippen LogP contribution in [-0.2, 0) is 12.8 Å². The minimum Gasteiger partial charge on any atom is -0.258 e. The second kappa shape index (κ2) is 5.56. The number of hydrogen-bond acceptors (Lipinski definition) is 4. The minimum absolute atomic E-state index is 0.151. The van der Waals surface area contributed by atoms with Crippen LogP contribution in [0.5, 0.6) is 0 Å². The van der Waals surface area contributed by atoms with E-state index in [0.717, 1.165) is 4.90 Å². The van der Waals surface area contributed by atoms with Crippen molar-refractivity contribution < 1.29 is 4.92 Å². The molecule has 6 heteroatoms. The lowest BCUT2D eigenvalue weighted by Gasteiger charge is -2.01. The van der Waals surface area contributed by atoms with Crippen LogP contribution in [0.25, 0.3) is 0 Å². The Labute approximate surface area is 123 Å². The van der Waals surface area contributed by atoms with Gasteiger partial charge in [0.15, 0.2) is 0 Å². The number of aryl methyl sites for hydroxylation is 2. The molecule has 0 spiro atoms. The first-order valence-electron chi connectivity index (χ1n) is 6.09. The first kappa shape index (κ1) is 13.0. The number of nitro groups is 1. The molecule has 0 saturated carbocycles. The smallest absolute Gasteiger partial charge is 0.258 e. The summed E-state index contributed by atoms with van der Waals surface area (Å²) in [5.74, 6) is 0. The molecule has 0 N–H and O–H groups in total. The molecule has 1 aromatic carbocycles. The molecule has 0 atom stereocenters. The summed E-state index contributed by atoms with van der Waals surface area (Å²) >= 11 is 5.49. The van der Waals surface area contributed by atoms with Crippen molar-refractivity contribution >= 4 is 40.1 Å². The van der Waals surface area contributed by atoms with Crippen LogP contribution in [-0.4, -0.2) is 4.92 Å². The number of nitro benzene ring substituents is 1. The van der Waals surface area contributed by atoms with Crippen molar-refractivity contribution in [3.05, 3.63) is 44.1 Å². The van der Waals surface area contributed by atoms with E-state index < -0.39 is 0 Å². The third kappa shape index (κ3) is 2.96. The van der Waals surface area contributed by atoms with Gasteiger partial charge in [0.2, 0.25) is 0 Å². The maximum atomic E-state index is 10.6. The van der Waals surface area contributed by atoms with Gasteiger partial charge in [0.1, 0.15) is 9.75 Å². The van der Waals surface area contributed by atoms with Crippen LogP contribution in [0.4, 0.5) is 5.69 Å². The Morgan fingerprint density at radius 1 is 1.21 bits per heavy atom. The second-order valence-corrected chi connectivity index (χ2v) is 8.43. The fraction of sp³-hybridized carbons (Fsp3) is 0.308. The third-order valence-corrected chi connectivity index (χ3v) is 7.06. The number of hydrogen-bond donors (Lipinski definition) is 0. The first-order chi connectivity index (χ1) is 9.22. The highest BCUT2D eigenvalue weighted by Crippen LogP contribution is 2.42. The Balaban J connectivity index is 1.77. The Morgan fingerprint density at radius 3 is 2.63 bits per heavy atom. The van der Waals surface area contributed by atoms with E-state index in [1.54, 1.807) is 33.6 Å². The second-order valence-electron chi connectivity index (χ2n) is 4.36. The molecule has 19 heavy (non-hydrogen) atoms. The topological polar surface area (TPSA) is 43.1 Å². The zero-order valence-corrected chi connectivity index (χ0v) is 12.6. The van der Waals surface area contributed by atoms with Crippen molar-refractivity contribution in [3.63, 3.8) is 0 Å². The Morgan fingerprint density at radius 2 is 1.95 bits per heavy atom. The standard InChI is InChI=1S/C13H12NO2S3/c15-14(16)9-5-7-10(8-6-9)17-13-18-11-3-1-2-4-12(11)19-13/h5-8H,1-4H2/q+1. The van der Waals surface area contributed by atoms with E-state index in [4.69, 9.17) is 0 Å². The number of non-ortho nitro benzene ring substituents is 1. The predicted octanol–water partition coefficient (Wildman–Crippen LogP) is 5.03. The van der Waals surface area contributed by atoms with Crippen molar-refractivity contribution in [1.29, 1.82) is 0 Å². The highest BCUT2D eigenvalue weighted by molar-refractivity contribution is 8.03. The largest absolute Gasteiger partial charge is 0.317 e. The SMILES string of the molecule is O=[N+]([O-])c1ccc(Sc2sc3c([s+]2)CCCC3)cc1. The molecule has 1 heterocycles. The summed E-state index contributed by atoms with van der Waals surface area (Å²) in [6.45, 7) is 0. The number of nitrogens with zero attached hydrogens (tertiary/aromatic N) is 1. The Bertz CT molecular complexity index is 583. The van der Waals surface area contributed by atoms with E-state index in [-0.39, 0.29) is 10.6 Å². The lowest BCUT2D eigenvalue weighted by atomic mass is 10.1. The normalized spacial score (nSPS) is 14.1. The van der Waals surface area contributed by atoms with E-state index in [1.165, 1.54) is 29.2 Å². The fourth-order valence-corrected chi connectivity index (χ4v) is 6.39. The van der Waals surface area contributed by atoms with E-state index in [1.807, 2.05) is 34.8 Å². The highest BCUT2D eigenvalue weighted by atomic mass is 32.2. The maximum Gasteiger partial charge on any atom is 0.317 e. The Hall–Kier alpha value is -0.980. The summed E-state index contributed by atoms with van der Waals surface area (Å²) in [7, 11) is 0. The number of rotatable bonds is 3. The minimum atomic E-state index is -0.360. The van der Waals surface area contributed by atoms with Crippen LogP contribution in [0.3, 0.4) is 0 Å². The van der Waals surface area contributed by atoms with Gasteiger partial charge in [-0.2, -0.15) is 0 Å². The molecular formula is C13H12NO2S3+. The van der Waals surface area contributed by atoms with Crippen molar-refractivity contribution in [2.45, 2.75) is 34.1 Å². The average Bonchev–Trinajstić information content (AvgIpc) is 2.81. The molecule has 2 aromatic rings. The van der Waals surface area contributed by atoms with Gasteiger partial charge in [0.25, 0.3) is 5.69 Å². The monoisotopic (exact) mass is 310 g/mol. The van der Waals surface area contributed by atoms with Crippen LogP contribution in [0.2, 0.25) is 0 Å². The summed E-state index contributed by atoms with van der Waals surface area (Å²) in [6, 6.07) is 6.80. The van der Waals surface area contributed by atoms with Gasteiger partial charge in [-0.3, -0.25) is 10.1 Å². The average molecular weight is 310 g/mol. The zero-order chi connectivity index (χ0) is 13.2. The van der Waals surface area contributed by atoms with Gasteiger partial charge in [-0.25, -0.2) is 0 Å². The van der Waals surface area contributed by atoms with Gasteiger partial charge in [0, 0.05) is 29.9 Å². The number of benzene rings is 1. The summed E-state index contributed by atoms with van der Waals surface area (Å²) in [5, 5.41) is 10.6. The molecule has 0 unspecified atom stereocenters. The van der Waals surface area contributed by atoms with Crippen LogP contribution < -0.4 is 0 Å². The first-order valence-corrected chi connectivity index (χ1v) is 8.54. The summed E-state index contributed by atoms with van der Waals surface area (Å²) in [5.41, 5.74) is 0.151. The van der Waals surface area contributed by atoms with Crippen molar-refractivity contribution in [3.8, 4) is 0 Å². The highest BCUT2D eigenvalue weighted by Gasteiger charge is 2.25. The molecule has 3 nitrogen and oxygen atoms in total. The van der Waals surface area contributed by atoms with Crippen molar-refractivity contribution in [2.75, 3.05) is 0 Å². The molecule has 0 fully saturated rings. The summed E-state index contributed by atoms with van der Waals surface area (Å²) in [4.78, 5) is 14.4.